The van der Waals surface area contributed by atoms with Crippen molar-refractivity contribution in [2.45, 2.75) is 32.6 Å². The van der Waals surface area contributed by atoms with E-state index in [1.54, 1.807) is 11.3 Å². The number of aryl methyl sites for hydroxylation is 1. The Balaban J connectivity index is 1.17. The zero-order valence-electron chi connectivity index (χ0n) is 16.4. The minimum absolute atomic E-state index is 0.751. The molecule has 0 unspecified atom stereocenters. The molecule has 1 aromatic heterocycles. The van der Waals surface area contributed by atoms with Gasteiger partial charge in [0.2, 0.25) is 0 Å². The molecule has 0 spiro atoms. The molecule has 1 saturated heterocycles. The Morgan fingerprint density at radius 1 is 1.18 bits per heavy atom. The van der Waals surface area contributed by atoms with Crippen LogP contribution in [0.1, 0.15) is 29.8 Å². The number of hydrogen-bond donors (Lipinski definition) is 0. The van der Waals surface area contributed by atoms with Gasteiger partial charge in [-0.25, -0.2) is 4.98 Å². The number of benzene rings is 2. The highest BCUT2D eigenvalue weighted by Crippen LogP contribution is 2.27. The molecule has 0 amide bonds. The molecule has 0 radical (unpaired) electrons. The van der Waals surface area contributed by atoms with Gasteiger partial charge in [0, 0.05) is 17.6 Å². The van der Waals surface area contributed by atoms with Gasteiger partial charge in [-0.05, 0) is 75.4 Å². The summed E-state index contributed by atoms with van der Waals surface area (Å²) in [5, 5.41) is 2.01. The second kappa shape index (κ2) is 9.25. The van der Waals surface area contributed by atoms with E-state index in [0.29, 0.717) is 0 Å². The average Bonchev–Trinajstić information content (AvgIpc) is 3.07. The largest absolute Gasteiger partial charge is 0.493 e. The van der Waals surface area contributed by atoms with Gasteiger partial charge in [0.1, 0.15) is 5.75 Å². The molecule has 2 aromatic carbocycles. The van der Waals surface area contributed by atoms with Crippen LogP contribution in [0.4, 0.5) is 0 Å². The Morgan fingerprint density at radius 2 is 2.00 bits per heavy atom. The fourth-order valence-corrected chi connectivity index (χ4v) is 5.00. The van der Waals surface area contributed by atoms with E-state index in [2.05, 4.69) is 40.2 Å². The van der Waals surface area contributed by atoms with Gasteiger partial charge >= 0.3 is 0 Å². The molecule has 28 heavy (non-hydrogen) atoms. The summed E-state index contributed by atoms with van der Waals surface area (Å²) in [5.74, 6) is 1.68. The highest BCUT2D eigenvalue weighted by Gasteiger charge is 2.19. The third-order valence-electron chi connectivity index (χ3n) is 5.53. The van der Waals surface area contributed by atoms with E-state index >= 15 is 0 Å². The Labute approximate surface area is 176 Å². The minimum atomic E-state index is 0.751. The number of rotatable bonds is 7. The van der Waals surface area contributed by atoms with Crippen molar-refractivity contribution in [3.05, 3.63) is 58.1 Å². The van der Waals surface area contributed by atoms with Crippen LogP contribution in [-0.2, 0) is 6.42 Å². The number of halogens is 1. The molecular formula is C23H27ClN2OS. The summed E-state index contributed by atoms with van der Waals surface area (Å²) < 4.78 is 7.18. The van der Waals surface area contributed by atoms with E-state index < -0.39 is 0 Å². The van der Waals surface area contributed by atoms with Crippen LogP contribution in [0.25, 0.3) is 10.2 Å². The van der Waals surface area contributed by atoms with Crippen molar-refractivity contribution in [1.82, 2.24) is 9.88 Å². The molecule has 4 rings (SSSR count). The molecule has 3 nitrogen and oxygen atoms in total. The van der Waals surface area contributed by atoms with Crippen LogP contribution in [0.3, 0.4) is 0 Å². The Kier molecular flexibility index (Phi) is 6.50. The zero-order chi connectivity index (χ0) is 19.3. The van der Waals surface area contributed by atoms with E-state index in [1.807, 2.05) is 19.1 Å². The number of nitrogens with zero attached hydrogens (tertiary/aromatic N) is 2. The molecule has 2 heterocycles. The summed E-state index contributed by atoms with van der Waals surface area (Å²) >= 11 is 8.04. The second-order valence-corrected chi connectivity index (χ2v) is 9.29. The number of piperidine rings is 1. The molecule has 5 heteroatoms. The first-order chi connectivity index (χ1) is 13.7. The van der Waals surface area contributed by atoms with Gasteiger partial charge in [-0.2, -0.15) is 0 Å². The zero-order valence-corrected chi connectivity index (χ0v) is 17.9. The summed E-state index contributed by atoms with van der Waals surface area (Å²) in [6.45, 7) is 6.27. The van der Waals surface area contributed by atoms with Crippen molar-refractivity contribution in [3.8, 4) is 5.75 Å². The van der Waals surface area contributed by atoms with Gasteiger partial charge in [0.05, 0.1) is 21.8 Å². The van der Waals surface area contributed by atoms with Gasteiger partial charge in [0.15, 0.2) is 0 Å². The standard InChI is InChI=1S/C23H27ClN2OS/c1-17-25-22-16-20(7-8-23(22)28-17)27-14-4-11-26-12-9-18(10-13-26)15-19-5-2-3-6-21(19)24/h2-3,5-8,16,18H,4,9-15H2,1H3. The SMILES string of the molecule is Cc1nc2cc(OCCCN3CCC(Cc4ccccc4Cl)CC3)ccc2s1. The molecule has 1 aliphatic rings. The van der Waals surface area contributed by atoms with Crippen LogP contribution in [0, 0.1) is 12.8 Å². The molecule has 148 valence electrons. The van der Waals surface area contributed by atoms with Crippen LogP contribution in [0.5, 0.6) is 5.75 Å². The number of aromatic nitrogens is 1. The number of thiazole rings is 1. The van der Waals surface area contributed by atoms with Crippen molar-refractivity contribution in [3.63, 3.8) is 0 Å². The third kappa shape index (κ3) is 5.05. The number of ether oxygens (including phenoxy) is 1. The van der Waals surface area contributed by atoms with Crippen LogP contribution in [0.2, 0.25) is 5.02 Å². The predicted molar refractivity (Wildman–Crippen MR) is 119 cm³/mol. The molecule has 1 aliphatic heterocycles. The van der Waals surface area contributed by atoms with E-state index in [4.69, 9.17) is 16.3 Å². The highest BCUT2D eigenvalue weighted by atomic mass is 35.5. The van der Waals surface area contributed by atoms with Crippen molar-refractivity contribution >= 4 is 33.2 Å². The molecule has 0 saturated carbocycles. The van der Waals surface area contributed by atoms with Crippen molar-refractivity contribution in [1.29, 1.82) is 0 Å². The quantitative estimate of drug-likeness (QED) is 0.444. The monoisotopic (exact) mass is 414 g/mol. The van der Waals surface area contributed by atoms with E-state index in [0.717, 1.165) is 53.2 Å². The molecule has 1 fully saturated rings. The molecule has 0 bridgehead atoms. The maximum absolute atomic E-state index is 6.31. The van der Waals surface area contributed by atoms with Gasteiger partial charge in [-0.1, -0.05) is 29.8 Å². The summed E-state index contributed by atoms with van der Waals surface area (Å²) in [5.41, 5.74) is 2.34. The molecule has 0 atom stereocenters. The maximum Gasteiger partial charge on any atom is 0.121 e. The number of likely N-dealkylation sites (tertiary alicyclic amines) is 1. The fraction of sp³-hybridized carbons (Fsp3) is 0.435. The molecular weight excluding hydrogens is 388 g/mol. The maximum atomic E-state index is 6.31. The van der Waals surface area contributed by atoms with Gasteiger partial charge in [0.25, 0.3) is 0 Å². The van der Waals surface area contributed by atoms with Crippen LogP contribution >= 0.6 is 22.9 Å². The Hall–Kier alpha value is -1.62. The lowest BCUT2D eigenvalue weighted by atomic mass is 9.90. The van der Waals surface area contributed by atoms with Crippen molar-refractivity contribution in [2.75, 3.05) is 26.2 Å². The first kappa shape index (κ1) is 19.7. The van der Waals surface area contributed by atoms with Crippen molar-refractivity contribution in [2.24, 2.45) is 5.92 Å². The van der Waals surface area contributed by atoms with Crippen LogP contribution < -0.4 is 4.74 Å². The first-order valence-electron chi connectivity index (χ1n) is 10.1. The highest BCUT2D eigenvalue weighted by molar-refractivity contribution is 7.18. The summed E-state index contributed by atoms with van der Waals surface area (Å²) in [4.78, 5) is 7.11. The minimum Gasteiger partial charge on any atom is -0.493 e. The third-order valence-corrected chi connectivity index (χ3v) is 6.85. The molecule has 0 N–H and O–H groups in total. The lowest BCUT2D eigenvalue weighted by Gasteiger charge is -2.32. The number of fused-ring (bicyclic) bond motifs is 1. The van der Waals surface area contributed by atoms with Gasteiger partial charge in [-0.3, -0.25) is 0 Å². The molecule has 0 aliphatic carbocycles. The Bertz CT molecular complexity index is 918. The lowest BCUT2D eigenvalue weighted by Crippen LogP contribution is -2.35. The van der Waals surface area contributed by atoms with Gasteiger partial charge in [-0.15, -0.1) is 11.3 Å². The van der Waals surface area contributed by atoms with Crippen molar-refractivity contribution < 1.29 is 4.74 Å². The molecule has 3 aromatic rings. The second-order valence-electron chi connectivity index (χ2n) is 7.64. The Morgan fingerprint density at radius 3 is 2.82 bits per heavy atom. The fourth-order valence-electron chi connectivity index (χ4n) is 3.98. The summed E-state index contributed by atoms with van der Waals surface area (Å²) in [6.07, 6.45) is 4.68. The summed E-state index contributed by atoms with van der Waals surface area (Å²) in [7, 11) is 0. The van der Waals surface area contributed by atoms with E-state index in [1.165, 1.54) is 36.2 Å². The topological polar surface area (TPSA) is 25.4 Å². The first-order valence-corrected chi connectivity index (χ1v) is 11.3. The van der Waals surface area contributed by atoms with E-state index in [9.17, 15) is 0 Å². The van der Waals surface area contributed by atoms with E-state index in [-0.39, 0.29) is 0 Å². The smallest absolute Gasteiger partial charge is 0.121 e. The number of hydrogen-bond acceptors (Lipinski definition) is 4. The van der Waals surface area contributed by atoms with Crippen LogP contribution in [0.15, 0.2) is 42.5 Å². The summed E-state index contributed by atoms with van der Waals surface area (Å²) in [6, 6.07) is 14.5. The van der Waals surface area contributed by atoms with Gasteiger partial charge < -0.3 is 9.64 Å². The predicted octanol–water partition coefficient (Wildman–Crippen LogP) is 5.98. The normalized spacial score (nSPS) is 15.9. The van der Waals surface area contributed by atoms with Crippen LogP contribution in [-0.4, -0.2) is 36.1 Å². The lowest BCUT2D eigenvalue weighted by molar-refractivity contribution is 0.170. The average molecular weight is 415 g/mol.